The molecule has 0 amide bonds. The molecule has 20 heavy (non-hydrogen) atoms. The lowest BCUT2D eigenvalue weighted by Gasteiger charge is -2.53. The fourth-order valence-electron chi connectivity index (χ4n) is 4.27. The van der Waals surface area contributed by atoms with Gasteiger partial charge in [-0.15, -0.1) is 0 Å². The molecule has 1 unspecified atom stereocenters. The highest BCUT2D eigenvalue weighted by atomic mass is 16.5. The fraction of sp³-hybridized carbons (Fsp3) is 1.00. The third-order valence-electron chi connectivity index (χ3n) is 6.29. The van der Waals surface area contributed by atoms with Crippen molar-refractivity contribution in [3.8, 4) is 0 Å². The maximum atomic E-state index is 6.24. The molecule has 1 aliphatic heterocycles. The molecular formula is C17H34N2O. The highest BCUT2D eigenvalue weighted by molar-refractivity contribution is 5.00. The minimum atomic E-state index is 0.240. The zero-order valence-electron chi connectivity index (χ0n) is 14.0. The molecule has 1 saturated heterocycles. The van der Waals surface area contributed by atoms with E-state index in [4.69, 9.17) is 10.5 Å². The summed E-state index contributed by atoms with van der Waals surface area (Å²) in [5, 5.41) is 0. The normalized spacial score (nSPS) is 37.0. The largest absolute Gasteiger partial charge is 0.379 e. The second-order valence-electron chi connectivity index (χ2n) is 7.66. The first kappa shape index (κ1) is 16.3. The zero-order chi connectivity index (χ0) is 14.8. The molecule has 1 aliphatic carbocycles. The summed E-state index contributed by atoms with van der Waals surface area (Å²) in [7, 11) is 0. The van der Waals surface area contributed by atoms with Crippen molar-refractivity contribution in [1.29, 1.82) is 0 Å². The van der Waals surface area contributed by atoms with Crippen molar-refractivity contribution < 1.29 is 4.74 Å². The number of nitrogens with two attached hydrogens (primary N) is 1. The highest BCUT2D eigenvalue weighted by Gasteiger charge is 2.44. The molecule has 0 spiro atoms. The van der Waals surface area contributed by atoms with Crippen LogP contribution >= 0.6 is 0 Å². The minimum absolute atomic E-state index is 0.240. The smallest absolute Gasteiger partial charge is 0.0620 e. The van der Waals surface area contributed by atoms with Gasteiger partial charge >= 0.3 is 0 Å². The molecule has 1 atom stereocenters. The lowest BCUT2D eigenvalue weighted by molar-refractivity contribution is -0.0782. The number of morpholine rings is 1. The predicted octanol–water partition coefficient (Wildman–Crippen LogP) is 3.03. The van der Waals surface area contributed by atoms with Gasteiger partial charge in [0.25, 0.3) is 0 Å². The monoisotopic (exact) mass is 282 g/mol. The lowest BCUT2D eigenvalue weighted by Crippen LogP contribution is -2.62. The van der Waals surface area contributed by atoms with Crippen molar-refractivity contribution in [2.45, 2.75) is 71.4 Å². The molecule has 1 heterocycles. The summed E-state index contributed by atoms with van der Waals surface area (Å²) in [6.45, 7) is 13.1. The molecule has 1 saturated carbocycles. The predicted molar refractivity (Wildman–Crippen MR) is 84.8 cm³/mol. The molecule has 2 rings (SSSR count). The topological polar surface area (TPSA) is 38.5 Å². The summed E-state index contributed by atoms with van der Waals surface area (Å²) in [5.74, 6) is 0.864. The average molecular weight is 282 g/mol. The minimum Gasteiger partial charge on any atom is -0.379 e. The van der Waals surface area contributed by atoms with Crippen LogP contribution in [0.4, 0.5) is 0 Å². The maximum absolute atomic E-state index is 6.24. The fourth-order valence-corrected chi connectivity index (χ4v) is 4.27. The second-order valence-corrected chi connectivity index (χ2v) is 7.66. The van der Waals surface area contributed by atoms with Crippen molar-refractivity contribution in [2.24, 2.45) is 17.1 Å². The Morgan fingerprint density at radius 3 is 2.45 bits per heavy atom. The Morgan fingerprint density at radius 1 is 1.30 bits per heavy atom. The van der Waals surface area contributed by atoms with Crippen LogP contribution in [0.3, 0.4) is 0 Å². The number of rotatable bonds is 4. The van der Waals surface area contributed by atoms with Gasteiger partial charge in [-0.3, -0.25) is 4.90 Å². The highest BCUT2D eigenvalue weighted by Crippen LogP contribution is 2.45. The van der Waals surface area contributed by atoms with Crippen molar-refractivity contribution in [3.05, 3.63) is 0 Å². The maximum Gasteiger partial charge on any atom is 0.0620 e. The van der Waals surface area contributed by atoms with Crippen molar-refractivity contribution in [1.82, 2.24) is 4.90 Å². The summed E-state index contributed by atoms with van der Waals surface area (Å²) in [6, 6.07) is 0.517. The molecule has 2 aliphatic rings. The first-order chi connectivity index (χ1) is 9.45. The van der Waals surface area contributed by atoms with E-state index in [0.29, 0.717) is 11.5 Å². The third-order valence-corrected chi connectivity index (χ3v) is 6.29. The van der Waals surface area contributed by atoms with Gasteiger partial charge in [0.15, 0.2) is 0 Å². The van der Waals surface area contributed by atoms with E-state index >= 15 is 0 Å². The SMILES string of the molecule is CCC(C)(C)C1CCC(CN)(N2CCOCC2C)CC1. The third kappa shape index (κ3) is 3.05. The van der Waals surface area contributed by atoms with Crippen LogP contribution in [0.15, 0.2) is 0 Å². The summed E-state index contributed by atoms with van der Waals surface area (Å²) in [6.07, 6.45) is 6.48. The molecule has 0 aromatic heterocycles. The quantitative estimate of drug-likeness (QED) is 0.861. The van der Waals surface area contributed by atoms with Gasteiger partial charge in [-0.2, -0.15) is 0 Å². The molecule has 3 heteroatoms. The van der Waals surface area contributed by atoms with Gasteiger partial charge in [0.05, 0.1) is 13.2 Å². The van der Waals surface area contributed by atoms with Crippen LogP contribution in [-0.2, 0) is 4.74 Å². The van der Waals surface area contributed by atoms with E-state index in [2.05, 4.69) is 32.6 Å². The van der Waals surface area contributed by atoms with Gasteiger partial charge in [-0.1, -0.05) is 27.2 Å². The van der Waals surface area contributed by atoms with E-state index in [1.54, 1.807) is 0 Å². The first-order valence-corrected chi connectivity index (χ1v) is 8.50. The standard InChI is InChI=1S/C17H34N2O/c1-5-16(3,4)15-6-8-17(13-18,9-7-15)19-10-11-20-12-14(19)2/h14-15H,5-13,18H2,1-4H3. The van der Waals surface area contributed by atoms with Gasteiger partial charge in [0, 0.05) is 24.7 Å². The molecule has 3 nitrogen and oxygen atoms in total. The Kier molecular flexibility index (Phi) is 5.14. The number of hydrogen-bond acceptors (Lipinski definition) is 3. The Bertz CT molecular complexity index is 308. The molecule has 0 aromatic carbocycles. The van der Waals surface area contributed by atoms with E-state index < -0.39 is 0 Å². The van der Waals surface area contributed by atoms with Crippen molar-refractivity contribution in [2.75, 3.05) is 26.3 Å². The molecule has 2 N–H and O–H groups in total. The Hall–Kier alpha value is -0.120. The lowest BCUT2D eigenvalue weighted by atomic mass is 9.65. The van der Waals surface area contributed by atoms with E-state index in [1.165, 1.54) is 32.1 Å². The molecule has 0 aromatic rings. The van der Waals surface area contributed by atoms with E-state index in [-0.39, 0.29) is 5.54 Å². The van der Waals surface area contributed by atoms with Gasteiger partial charge < -0.3 is 10.5 Å². The van der Waals surface area contributed by atoms with Crippen LogP contribution in [0.2, 0.25) is 0 Å². The van der Waals surface area contributed by atoms with Gasteiger partial charge in [-0.25, -0.2) is 0 Å². The number of nitrogens with zero attached hydrogens (tertiary/aromatic N) is 1. The molecule has 0 radical (unpaired) electrons. The molecule has 2 fully saturated rings. The Labute approximate surface area is 125 Å². The molecule has 118 valence electrons. The number of hydrogen-bond donors (Lipinski definition) is 1. The number of ether oxygens (including phenoxy) is 1. The van der Waals surface area contributed by atoms with E-state index in [0.717, 1.165) is 32.2 Å². The van der Waals surface area contributed by atoms with Gasteiger partial charge in [0.1, 0.15) is 0 Å². The van der Waals surface area contributed by atoms with Crippen molar-refractivity contribution in [3.63, 3.8) is 0 Å². The van der Waals surface area contributed by atoms with Crippen LogP contribution in [0.25, 0.3) is 0 Å². The van der Waals surface area contributed by atoms with Crippen LogP contribution in [-0.4, -0.2) is 42.8 Å². The van der Waals surface area contributed by atoms with Crippen LogP contribution in [0.5, 0.6) is 0 Å². The molecular weight excluding hydrogens is 248 g/mol. The zero-order valence-corrected chi connectivity index (χ0v) is 14.0. The first-order valence-electron chi connectivity index (χ1n) is 8.50. The Morgan fingerprint density at radius 2 is 1.95 bits per heavy atom. The van der Waals surface area contributed by atoms with Gasteiger partial charge in [-0.05, 0) is 43.9 Å². The summed E-state index contributed by atoms with van der Waals surface area (Å²) < 4.78 is 5.60. The Balaban J connectivity index is 2.04. The molecule has 0 bridgehead atoms. The summed E-state index contributed by atoms with van der Waals surface area (Å²) in [4.78, 5) is 2.66. The average Bonchev–Trinajstić information content (AvgIpc) is 2.48. The van der Waals surface area contributed by atoms with Crippen LogP contribution < -0.4 is 5.73 Å². The summed E-state index contributed by atoms with van der Waals surface area (Å²) >= 11 is 0. The second kappa shape index (κ2) is 6.33. The van der Waals surface area contributed by atoms with Crippen LogP contribution in [0.1, 0.15) is 59.8 Å². The van der Waals surface area contributed by atoms with E-state index in [9.17, 15) is 0 Å². The van der Waals surface area contributed by atoms with E-state index in [1.807, 2.05) is 0 Å². The summed E-state index contributed by atoms with van der Waals surface area (Å²) in [5.41, 5.74) is 6.96. The van der Waals surface area contributed by atoms with Crippen molar-refractivity contribution >= 4 is 0 Å². The van der Waals surface area contributed by atoms with Crippen LogP contribution in [0, 0.1) is 11.3 Å². The van der Waals surface area contributed by atoms with Gasteiger partial charge in [0.2, 0.25) is 0 Å².